The van der Waals surface area contributed by atoms with Gasteiger partial charge in [-0.1, -0.05) is 18.2 Å². The molecule has 2 aliphatic rings. The van der Waals surface area contributed by atoms with Crippen LogP contribution >= 0.6 is 11.8 Å². The van der Waals surface area contributed by atoms with Crippen molar-refractivity contribution in [2.75, 3.05) is 19.9 Å². The number of benzene rings is 2. The number of rotatable bonds is 6. The summed E-state index contributed by atoms with van der Waals surface area (Å²) in [4.78, 5) is 38.1. The summed E-state index contributed by atoms with van der Waals surface area (Å²) >= 11 is 0.847. The Bertz CT molecular complexity index is 1100. The number of nitrogens with zero attached hydrogens (tertiary/aromatic N) is 1. The van der Waals surface area contributed by atoms with Gasteiger partial charge >= 0.3 is 0 Å². The quantitative estimate of drug-likeness (QED) is 0.693. The number of thioether (sulfide) groups is 1. The SMILES string of the molecule is O=C(/C=C/c1ccc(F)cc1)NCCN1C(=O)S/C(=C/c2ccc3c(c2)OCO3)C1=O. The highest BCUT2D eigenvalue weighted by Gasteiger charge is 2.34. The molecule has 2 heterocycles. The maximum atomic E-state index is 12.9. The van der Waals surface area contributed by atoms with Crippen LogP contribution in [-0.2, 0) is 9.59 Å². The Balaban J connectivity index is 1.31. The van der Waals surface area contributed by atoms with Crippen LogP contribution in [0.4, 0.5) is 9.18 Å². The molecule has 1 fully saturated rings. The Labute approximate surface area is 181 Å². The molecule has 4 rings (SSSR count). The van der Waals surface area contributed by atoms with E-state index in [2.05, 4.69) is 5.32 Å². The summed E-state index contributed by atoms with van der Waals surface area (Å²) in [5.41, 5.74) is 1.39. The van der Waals surface area contributed by atoms with Crippen LogP contribution in [0.25, 0.3) is 12.2 Å². The number of hydrogen-bond acceptors (Lipinski definition) is 6. The molecule has 31 heavy (non-hydrogen) atoms. The summed E-state index contributed by atoms with van der Waals surface area (Å²) in [5, 5.41) is 2.22. The maximum absolute atomic E-state index is 12.9. The molecule has 0 aromatic heterocycles. The van der Waals surface area contributed by atoms with Crippen LogP contribution in [0.3, 0.4) is 0 Å². The van der Waals surface area contributed by atoms with E-state index in [1.165, 1.54) is 18.2 Å². The van der Waals surface area contributed by atoms with Crippen molar-refractivity contribution in [1.82, 2.24) is 10.2 Å². The van der Waals surface area contributed by atoms with Gasteiger partial charge < -0.3 is 14.8 Å². The smallest absolute Gasteiger partial charge is 0.293 e. The minimum absolute atomic E-state index is 0.0548. The van der Waals surface area contributed by atoms with Crippen molar-refractivity contribution < 1.29 is 28.2 Å². The minimum Gasteiger partial charge on any atom is -0.454 e. The third kappa shape index (κ3) is 4.95. The van der Waals surface area contributed by atoms with Crippen molar-refractivity contribution in [3.63, 3.8) is 0 Å². The van der Waals surface area contributed by atoms with E-state index in [0.29, 0.717) is 27.5 Å². The average Bonchev–Trinajstić information content (AvgIpc) is 3.32. The van der Waals surface area contributed by atoms with Crippen LogP contribution in [0.2, 0.25) is 0 Å². The molecule has 2 aliphatic heterocycles. The summed E-state index contributed by atoms with van der Waals surface area (Å²) in [6, 6.07) is 11.0. The van der Waals surface area contributed by atoms with Gasteiger partial charge in [-0.2, -0.15) is 0 Å². The number of fused-ring (bicyclic) bond motifs is 1. The van der Waals surface area contributed by atoms with E-state index in [1.54, 1.807) is 42.5 Å². The lowest BCUT2D eigenvalue weighted by atomic mass is 10.2. The van der Waals surface area contributed by atoms with E-state index in [9.17, 15) is 18.8 Å². The summed E-state index contributed by atoms with van der Waals surface area (Å²) in [7, 11) is 0. The monoisotopic (exact) mass is 440 g/mol. The van der Waals surface area contributed by atoms with Crippen LogP contribution in [0, 0.1) is 5.82 Å². The van der Waals surface area contributed by atoms with Crippen molar-refractivity contribution in [3.8, 4) is 11.5 Å². The molecule has 9 heteroatoms. The molecular formula is C22H17FN2O5S. The first-order valence-corrected chi connectivity index (χ1v) is 10.2. The highest BCUT2D eigenvalue weighted by molar-refractivity contribution is 8.18. The van der Waals surface area contributed by atoms with Crippen LogP contribution in [0.1, 0.15) is 11.1 Å². The molecule has 3 amide bonds. The van der Waals surface area contributed by atoms with Crippen molar-refractivity contribution in [2.45, 2.75) is 0 Å². The van der Waals surface area contributed by atoms with Crippen molar-refractivity contribution in [2.24, 2.45) is 0 Å². The Morgan fingerprint density at radius 3 is 2.65 bits per heavy atom. The van der Waals surface area contributed by atoms with Crippen molar-refractivity contribution in [3.05, 3.63) is 70.4 Å². The van der Waals surface area contributed by atoms with Crippen molar-refractivity contribution in [1.29, 1.82) is 0 Å². The van der Waals surface area contributed by atoms with Gasteiger partial charge in [0, 0.05) is 19.2 Å². The summed E-state index contributed by atoms with van der Waals surface area (Å²) in [6.45, 7) is 0.321. The first-order valence-electron chi connectivity index (χ1n) is 9.36. The highest BCUT2D eigenvalue weighted by Crippen LogP contribution is 2.36. The van der Waals surface area contributed by atoms with E-state index >= 15 is 0 Å². The fraction of sp³-hybridized carbons (Fsp3) is 0.136. The Kier molecular flexibility index (Phi) is 6.03. The lowest BCUT2D eigenvalue weighted by molar-refractivity contribution is -0.123. The zero-order valence-electron chi connectivity index (χ0n) is 16.2. The number of nitrogens with one attached hydrogen (secondary N) is 1. The van der Waals surface area contributed by atoms with E-state index in [1.807, 2.05) is 0 Å². The molecule has 0 unspecified atom stereocenters. The number of imide groups is 1. The van der Waals surface area contributed by atoms with E-state index < -0.39 is 11.1 Å². The van der Waals surface area contributed by atoms with E-state index in [-0.39, 0.29) is 31.6 Å². The molecular weight excluding hydrogens is 423 g/mol. The first-order chi connectivity index (χ1) is 15.0. The average molecular weight is 440 g/mol. The second-order valence-electron chi connectivity index (χ2n) is 6.62. The molecule has 0 radical (unpaired) electrons. The van der Waals surface area contributed by atoms with Gasteiger partial charge in [0.1, 0.15) is 5.82 Å². The topological polar surface area (TPSA) is 84.9 Å². The molecule has 1 saturated heterocycles. The number of amides is 3. The standard InChI is InChI=1S/C22H17FN2O5S/c23-16-5-1-14(2-6-16)4-8-20(26)24-9-10-25-21(27)19(31-22(25)28)12-15-3-7-17-18(11-15)30-13-29-17/h1-8,11-12H,9-10,13H2,(H,24,26)/b8-4+,19-12+. The second kappa shape index (κ2) is 9.05. The van der Waals surface area contributed by atoms with Gasteiger partial charge in [0.15, 0.2) is 11.5 Å². The van der Waals surface area contributed by atoms with Crippen LogP contribution < -0.4 is 14.8 Å². The molecule has 1 N–H and O–H groups in total. The molecule has 0 aliphatic carbocycles. The van der Waals surface area contributed by atoms with Gasteiger partial charge in [-0.3, -0.25) is 19.3 Å². The van der Waals surface area contributed by atoms with Crippen LogP contribution in [-0.4, -0.2) is 41.8 Å². The van der Waals surface area contributed by atoms with Crippen LogP contribution in [0.15, 0.2) is 53.4 Å². The lowest BCUT2D eigenvalue weighted by Gasteiger charge is -2.12. The largest absolute Gasteiger partial charge is 0.454 e. The Morgan fingerprint density at radius 2 is 1.84 bits per heavy atom. The number of hydrogen-bond donors (Lipinski definition) is 1. The Hall–Kier alpha value is -3.59. The molecule has 0 spiro atoms. The normalized spacial score (nSPS) is 16.5. The van der Waals surface area contributed by atoms with Gasteiger partial charge in [0.2, 0.25) is 12.7 Å². The highest BCUT2D eigenvalue weighted by atomic mass is 32.2. The van der Waals surface area contributed by atoms with E-state index in [4.69, 9.17) is 9.47 Å². The molecule has 0 saturated carbocycles. The first kappa shape index (κ1) is 20.7. The predicted octanol–water partition coefficient (Wildman–Crippen LogP) is 3.42. The van der Waals surface area contributed by atoms with Gasteiger partial charge in [0.05, 0.1) is 4.91 Å². The summed E-state index contributed by atoms with van der Waals surface area (Å²) in [5.74, 6) is 0.0705. The zero-order chi connectivity index (χ0) is 21.8. The van der Waals surface area contributed by atoms with Crippen LogP contribution in [0.5, 0.6) is 11.5 Å². The molecule has 0 atom stereocenters. The number of ether oxygens (including phenoxy) is 2. The third-order valence-electron chi connectivity index (χ3n) is 4.50. The summed E-state index contributed by atoms with van der Waals surface area (Å²) < 4.78 is 23.5. The van der Waals surface area contributed by atoms with Gasteiger partial charge in [0.25, 0.3) is 11.1 Å². The third-order valence-corrected chi connectivity index (χ3v) is 5.41. The Morgan fingerprint density at radius 1 is 1.10 bits per heavy atom. The van der Waals surface area contributed by atoms with Gasteiger partial charge in [-0.15, -0.1) is 0 Å². The molecule has 0 bridgehead atoms. The second-order valence-corrected chi connectivity index (χ2v) is 7.62. The van der Waals surface area contributed by atoms with Gasteiger partial charge in [-0.25, -0.2) is 4.39 Å². The fourth-order valence-electron chi connectivity index (χ4n) is 2.94. The molecule has 2 aromatic rings. The molecule has 7 nitrogen and oxygen atoms in total. The fourth-order valence-corrected chi connectivity index (χ4v) is 3.81. The predicted molar refractivity (Wildman–Crippen MR) is 114 cm³/mol. The van der Waals surface area contributed by atoms with Gasteiger partial charge in [-0.05, 0) is 59.3 Å². The van der Waals surface area contributed by atoms with E-state index in [0.717, 1.165) is 16.7 Å². The molecule has 2 aromatic carbocycles. The zero-order valence-corrected chi connectivity index (χ0v) is 17.0. The summed E-state index contributed by atoms with van der Waals surface area (Å²) in [6.07, 6.45) is 4.47. The molecule has 158 valence electrons. The lowest BCUT2D eigenvalue weighted by Crippen LogP contribution is -2.36. The van der Waals surface area contributed by atoms with Crippen molar-refractivity contribution >= 4 is 41.0 Å². The maximum Gasteiger partial charge on any atom is 0.293 e. The minimum atomic E-state index is -0.413. The number of halogens is 1. The number of carbonyl (C=O) groups is 3. The number of carbonyl (C=O) groups excluding carboxylic acids is 3.